The Bertz CT molecular complexity index is 1070. The molecule has 1 N–H and O–H groups in total. The first-order chi connectivity index (χ1) is 15.1. The van der Waals surface area contributed by atoms with E-state index in [0.717, 1.165) is 60.6 Å². The predicted octanol–water partition coefficient (Wildman–Crippen LogP) is 3.75. The van der Waals surface area contributed by atoms with E-state index in [0.29, 0.717) is 5.75 Å². The molecule has 0 spiro atoms. The third-order valence-corrected chi connectivity index (χ3v) is 5.97. The van der Waals surface area contributed by atoms with Gasteiger partial charge in [-0.1, -0.05) is 18.2 Å². The number of rotatable bonds is 5. The van der Waals surface area contributed by atoms with Crippen molar-refractivity contribution in [1.82, 2.24) is 9.80 Å². The standard InChI is InChI=1S/C24H24FN3O3/c1-27-8-10-28(11-9-27)24(16-2-5-19(25)6-3-16)22-13-18(15-30-22)17-4-7-20-21(12-17)31-23(14-29)26-20/h2-7,12-15,23-24,26H,8-11H2,1H3/t23?,24-/m1/s1. The Balaban J connectivity index is 1.46. The van der Waals surface area contributed by atoms with E-state index in [1.54, 1.807) is 6.26 Å². The Morgan fingerprint density at radius 2 is 1.84 bits per heavy atom. The number of hydrogen-bond acceptors (Lipinski definition) is 6. The van der Waals surface area contributed by atoms with Crippen molar-refractivity contribution in [2.75, 3.05) is 38.5 Å². The highest BCUT2D eigenvalue weighted by molar-refractivity contribution is 5.76. The summed E-state index contributed by atoms with van der Waals surface area (Å²) < 4.78 is 25.2. The van der Waals surface area contributed by atoms with Gasteiger partial charge in [0, 0.05) is 31.7 Å². The molecule has 1 unspecified atom stereocenters. The fourth-order valence-electron chi connectivity index (χ4n) is 4.23. The van der Waals surface area contributed by atoms with Crippen LogP contribution >= 0.6 is 0 Å². The van der Waals surface area contributed by atoms with Gasteiger partial charge in [0.05, 0.1) is 18.0 Å². The molecule has 3 aromatic rings. The first-order valence-corrected chi connectivity index (χ1v) is 10.4. The van der Waals surface area contributed by atoms with Gasteiger partial charge < -0.3 is 19.4 Å². The van der Waals surface area contributed by atoms with Gasteiger partial charge in [0.15, 0.2) is 6.29 Å². The number of anilines is 1. The fraction of sp³-hybridized carbons (Fsp3) is 0.292. The largest absolute Gasteiger partial charge is 0.467 e. The lowest BCUT2D eigenvalue weighted by Crippen LogP contribution is -2.46. The summed E-state index contributed by atoms with van der Waals surface area (Å²) in [5.41, 5.74) is 3.67. The Kier molecular flexibility index (Phi) is 5.21. The van der Waals surface area contributed by atoms with E-state index < -0.39 is 6.23 Å². The zero-order valence-electron chi connectivity index (χ0n) is 17.3. The summed E-state index contributed by atoms with van der Waals surface area (Å²) in [5, 5.41) is 3.00. The number of piperazine rings is 1. The molecule has 2 aliphatic heterocycles. The van der Waals surface area contributed by atoms with E-state index in [1.807, 2.05) is 36.4 Å². The van der Waals surface area contributed by atoms with Crippen molar-refractivity contribution in [1.29, 1.82) is 0 Å². The second kappa shape index (κ2) is 8.17. The second-order valence-corrected chi connectivity index (χ2v) is 8.06. The zero-order chi connectivity index (χ0) is 21.4. The summed E-state index contributed by atoms with van der Waals surface area (Å²) in [6.07, 6.45) is 1.83. The summed E-state index contributed by atoms with van der Waals surface area (Å²) in [7, 11) is 2.12. The quantitative estimate of drug-likeness (QED) is 0.634. The molecule has 0 bridgehead atoms. The lowest BCUT2D eigenvalue weighted by Gasteiger charge is -2.37. The van der Waals surface area contributed by atoms with Crippen molar-refractivity contribution in [3.8, 4) is 16.9 Å². The Hall–Kier alpha value is -3.16. The van der Waals surface area contributed by atoms with Crippen LogP contribution in [0, 0.1) is 5.82 Å². The van der Waals surface area contributed by atoms with E-state index in [9.17, 15) is 9.18 Å². The molecular weight excluding hydrogens is 397 g/mol. The number of ether oxygens (including phenoxy) is 1. The fourth-order valence-corrected chi connectivity index (χ4v) is 4.23. The average Bonchev–Trinajstić information content (AvgIpc) is 3.43. The predicted molar refractivity (Wildman–Crippen MR) is 116 cm³/mol. The van der Waals surface area contributed by atoms with Crippen LogP contribution in [0.25, 0.3) is 11.1 Å². The Labute approximate surface area is 180 Å². The molecule has 0 aliphatic carbocycles. The number of aldehydes is 1. The number of benzene rings is 2. The number of carbonyl (C=O) groups excluding carboxylic acids is 1. The Morgan fingerprint density at radius 3 is 2.58 bits per heavy atom. The van der Waals surface area contributed by atoms with Gasteiger partial charge in [0.25, 0.3) is 0 Å². The normalized spacial score (nSPS) is 20.0. The van der Waals surface area contributed by atoms with Crippen molar-refractivity contribution in [2.45, 2.75) is 12.3 Å². The van der Waals surface area contributed by atoms with Crippen molar-refractivity contribution < 1.29 is 18.3 Å². The van der Waals surface area contributed by atoms with Gasteiger partial charge in [-0.2, -0.15) is 0 Å². The van der Waals surface area contributed by atoms with Gasteiger partial charge in [-0.15, -0.1) is 0 Å². The molecule has 160 valence electrons. The first kappa shape index (κ1) is 19.8. The maximum atomic E-state index is 13.6. The molecule has 31 heavy (non-hydrogen) atoms. The van der Waals surface area contributed by atoms with Crippen LogP contribution in [-0.4, -0.2) is 55.5 Å². The molecule has 6 nitrogen and oxygen atoms in total. The highest BCUT2D eigenvalue weighted by Crippen LogP contribution is 2.38. The molecule has 0 amide bonds. The highest BCUT2D eigenvalue weighted by atomic mass is 19.1. The smallest absolute Gasteiger partial charge is 0.226 e. The van der Waals surface area contributed by atoms with Crippen molar-refractivity contribution >= 4 is 12.0 Å². The summed E-state index contributed by atoms with van der Waals surface area (Å²) in [4.78, 5) is 15.7. The monoisotopic (exact) mass is 421 g/mol. The number of nitrogens with zero attached hydrogens (tertiary/aromatic N) is 2. The van der Waals surface area contributed by atoms with E-state index in [4.69, 9.17) is 9.15 Å². The van der Waals surface area contributed by atoms with Crippen molar-refractivity contribution in [3.63, 3.8) is 0 Å². The minimum Gasteiger partial charge on any atom is -0.467 e. The van der Waals surface area contributed by atoms with E-state index in [1.165, 1.54) is 12.1 Å². The molecule has 2 aromatic carbocycles. The molecule has 1 fully saturated rings. The molecule has 0 saturated carbocycles. The number of hydrogen-bond donors (Lipinski definition) is 1. The third-order valence-electron chi connectivity index (χ3n) is 5.97. The lowest BCUT2D eigenvalue weighted by atomic mass is 10.00. The molecule has 2 atom stereocenters. The first-order valence-electron chi connectivity index (χ1n) is 10.4. The summed E-state index contributed by atoms with van der Waals surface area (Å²) in [5.74, 6) is 1.21. The van der Waals surface area contributed by atoms with Gasteiger partial charge >= 0.3 is 0 Å². The maximum absolute atomic E-state index is 13.6. The maximum Gasteiger partial charge on any atom is 0.226 e. The van der Waals surface area contributed by atoms with Crippen LogP contribution < -0.4 is 10.1 Å². The number of nitrogens with one attached hydrogen (secondary N) is 1. The Morgan fingerprint density at radius 1 is 1.06 bits per heavy atom. The van der Waals surface area contributed by atoms with Crippen LogP contribution in [0.2, 0.25) is 0 Å². The van der Waals surface area contributed by atoms with Crippen LogP contribution in [0.4, 0.5) is 10.1 Å². The van der Waals surface area contributed by atoms with Gasteiger partial charge in [0.2, 0.25) is 6.23 Å². The van der Waals surface area contributed by atoms with Crippen molar-refractivity contribution in [3.05, 3.63) is 71.9 Å². The average molecular weight is 421 g/mol. The molecule has 0 radical (unpaired) electrons. The molecule has 3 heterocycles. The van der Waals surface area contributed by atoms with Crippen LogP contribution in [0.3, 0.4) is 0 Å². The van der Waals surface area contributed by atoms with Gasteiger partial charge in [-0.25, -0.2) is 4.39 Å². The zero-order valence-corrected chi connectivity index (χ0v) is 17.3. The van der Waals surface area contributed by atoms with Crippen LogP contribution in [0.15, 0.2) is 59.2 Å². The second-order valence-electron chi connectivity index (χ2n) is 8.06. The molecule has 1 saturated heterocycles. The summed E-state index contributed by atoms with van der Waals surface area (Å²) in [6, 6.07) is 14.4. The van der Waals surface area contributed by atoms with Crippen LogP contribution in [-0.2, 0) is 4.79 Å². The van der Waals surface area contributed by atoms with Gasteiger partial charge in [-0.3, -0.25) is 9.69 Å². The summed E-state index contributed by atoms with van der Waals surface area (Å²) >= 11 is 0. The van der Waals surface area contributed by atoms with Crippen LogP contribution in [0.1, 0.15) is 17.4 Å². The van der Waals surface area contributed by atoms with E-state index in [2.05, 4.69) is 22.2 Å². The molecule has 5 rings (SSSR count). The number of carbonyl (C=O) groups is 1. The molecule has 2 aliphatic rings. The SMILES string of the molecule is CN1CCN([C@H](c2ccc(F)cc2)c2cc(-c3ccc4c(c3)OC(C=O)N4)co2)CC1. The number of furan rings is 1. The van der Waals surface area contributed by atoms with Gasteiger partial charge in [0.1, 0.15) is 17.3 Å². The third kappa shape index (κ3) is 3.94. The molecular formula is C24H24FN3O3. The lowest BCUT2D eigenvalue weighted by molar-refractivity contribution is -0.112. The molecule has 1 aromatic heterocycles. The highest BCUT2D eigenvalue weighted by Gasteiger charge is 2.28. The van der Waals surface area contributed by atoms with Crippen molar-refractivity contribution in [2.24, 2.45) is 0 Å². The number of halogens is 1. The van der Waals surface area contributed by atoms with E-state index in [-0.39, 0.29) is 11.9 Å². The topological polar surface area (TPSA) is 58.0 Å². The molecule has 7 heteroatoms. The van der Waals surface area contributed by atoms with Gasteiger partial charge in [-0.05, 0) is 48.5 Å². The van der Waals surface area contributed by atoms with E-state index >= 15 is 0 Å². The van der Waals surface area contributed by atoms with Crippen LogP contribution in [0.5, 0.6) is 5.75 Å². The summed E-state index contributed by atoms with van der Waals surface area (Å²) in [6.45, 7) is 3.75. The minimum atomic E-state index is -0.648. The number of fused-ring (bicyclic) bond motifs is 1. The minimum absolute atomic E-state index is 0.0881. The number of likely N-dealkylation sites (N-methyl/N-ethyl adjacent to an activating group) is 1.